The zero-order valence-electron chi connectivity index (χ0n) is 13.0. The number of rotatable bonds is 3. The van der Waals surface area contributed by atoms with Gasteiger partial charge in [-0.3, -0.25) is 9.59 Å². The molecule has 0 bridgehead atoms. The van der Waals surface area contributed by atoms with Crippen molar-refractivity contribution in [2.75, 3.05) is 18.6 Å². The third-order valence-corrected chi connectivity index (χ3v) is 3.53. The molecule has 5 heteroatoms. The van der Waals surface area contributed by atoms with Gasteiger partial charge >= 0.3 is 0 Å². The highest BCUT2D eigenvalue weighted by atomic mass is 16.5. The highest BCUT2D eigenvalue weighted by Crippen LogP contribution is 2.24. The van der Waals surface area contributed by atoms with Gasteiger partial charge in [0.05, 0.1) is 13.2 Å². The van der Waals surface area contributed by atoms with E-state index in [-0.39, 0.29) is 17.9 Å². The Hall–Kier alpha value is -2.04. The van der Waals surface area contributed by atoms with Gasteiger partial charge in [0.1, 0.15) is 5.75 Å². The first-order chi connectivity index (χ1) is 9.81. The summed E-state index contributed by atoms with van der Waals surface area (Å²) in [5, 5.41) is 2.95. The van der Waals surface area contributed by atoms with Crippen LogP contribution in [0.3, 0.4) is 0 Å². The molecule has 2 amide bonds. The van der Waals surface area contributed by atoms with Gasteiger partial charge < -0.3 is 15.0 Å². The van der Waals surface area contributed by atoms with E-state index in [1.54, 1.807) is 12.0 Å². The summed E-state index contributed by atoms with van der Waals surface area (Å²) in [5.74, 6) is 0.749. The maximum Gasteiger partial charge on any atom is 0.229 e. The first kappa shape index (κ1) is 15.4. The molecular formula is C16H22N2O3. The lowest BCUT2D eigenvalue weighted by Gasteiger charge is -2.22. The van der Waals surface area contributed by atoms with Gasteiger partial charge in [-0.2, -0.15) is 0 Å². The predicted molar refractivity (Wildman–Crippen MR) is 81.3 cm³/mol. The lowest BCUT2D eigenvalue weighted by molar-refractivity contribution is -0.129. The SMILES string of the molecule is COc1ccc(N2CC(NC(=O)C(C)(C)C)CC2=O)cc1. The number of hydrogen-bond acceptors (Lipinski definition) is 3. The number of amides is 2. The standard InChI is InChI=1S/C16H22N2O3/c1-16(2,3)15(20)17-11-9-14(19)18(10-11)12-5-7-13(21-4)8-6-12/h5-8,11H,9-10H2,1-4H3,(H,17,20). The van der Waals surface area contributed by atoms with Gasteiger partial charge in [-0.15, -0.1) is 0 Å². The molecule has 114 valence electrons. The number of nitrogens with one attached hydrogen (secondary N) is 1. The molecule has 1 aromatic carbocycles. The minimum Gasteiger partial charge on any atom is -0.497 e. The minimum atomic E-state index is -0.448. The lowest BCUT2D eigenvalue weighted by atomic mass is 9.95. The zero-order valence-corrected chi connectivity index (χ0v) is 13.0. The number of carbonyl (C=O) groups is 2. The molecule has 0 aromatic heterocycles. The van der Waals surface area contributed by atoms with Crippen molar-refractivity contribution < 1.29 is 14.3 Å². The molecule has 21 heavy (non-hydrogen) atoms. The number of anilines is 1. The quantitative estimate of drug-likeness (QED) is 0.926. The van der Waals surface area contributed by atoms with Gasteiger partial charge in [0.15, 0.2) is 0 Å². The fraction of sp³-hybridized carbons (Fsp3) is 0.500. The summed E-state index contributed by atoms with van der Waals surface area (Å²) < 4.78 is 5.11. The Morgan fingerprint density at radius 2 is 1.90 bits per heavy atom. The van der Waals surface area contributed by atoms with E-state index in [1.807, 2.05) is 45.0 Å². The smallest absolute Gasteiger partial charge is 0.229 e. The molecule has 5 nitrogen and oxygen atoms in total. The summed E-state index contributed by atoms with van der Waals surface area (Å²) in [6.45, 7) is 6.09. The van der Waals surface area contributed by atoms with E-state index in [0.717, 1.165) is 11.4 Å². The van der Waals surface area contributed by atoms with E-state index in [0.29, 0.717) is 13.0 Å². The molecule has 1 N–H and O–H groups in total. The van der Waals surface area contributed by atoms with E-state index in [2.05, 4.69) is 5.32 Å². The lowest BCUT2D eigenvalue weighted by Crippen LogP contribution is -2.43. The molecule has 1 saturated heterocycles. The van der Waals surface area contributed by atoms with Crippen molar-refractivity contribution in [2.45, 2.75) is 33.2 Å². The van der Waals surface area contributed by atoms with Crippen LogP contribution in [-0.2, 0) is 9.59 Å². The first-order valence-corrected chi connectivity index (χ1v) is 7.06. The molecule has 1 atom stereocenters. The Balaban J connectivity index is 2.04. The van der Waals surface area contributed by atoms with Crippen LogP contribution in [0.5, 0.6) is 5.75 Å². The fourth-order valence-electron chi connectivity index (χ4n) is 2.22. The van der Waals surface area contributed by atoms with Crippen molar-refractivity contribution >= 4 is 17.5 Å². The van der Waals surface area contributed by atoms with Gasteiger partial charge in [0.25, 0.3) is 0 Å². The number of nitrogens with zero attached hydrogens (tertiary/aromatic N) is 1. The molecule has 0 aliphatic carbocycles. The largest absolute Gasteiger partial charge is 0.497 e. The number of benzene rings is 1. The third-order valence-electron chi connectivity index (χ3n) is 3.53. The molecule has 0 radical (unpaired) electrons. The summed E-state index contributed by atoms with van der Waals surface area (Å²) in [4.78, 5) is 25.8. The Kier molecular flexibility index (Phi) is 4.21. The highest BCUT2D eigenvalue weighted by Gasteiger charge is 2.33. The normalized spacial score (nSPS) is 18.8. The topological polar surface area (TPSA) is 58.6 Å². The van der Waals surface area contributed by atoms with Crippen molar-refractivity contribution in [3.63, 3.8) is 0 Å². The summed E-state index contributed by atoms with van der Waals surface area (Å²) in [6, 6.07) is 7.22. The van der Waals surface area contributed by atoms with Crippen molar-refractivity contribution in [3.8, 4) is 5.75 Å². The molecule has 0 spiro atoms. The van der Waals surface area contributed by atoms with Gasteiger partial charge in [-0.1, -0.05) is 20.8 Å². The van der Waals surface area contributed by atoms with Gasteiger partial charge in [-0.05, 0) is 24.3 Å². The van der Waals surface area contributed by atoms with E-state index < -0.39 is 5.41 Å². The zero-order chi connectivity index (χ0) is 15.6. The van der Waals surface area contributed by atoms with E-state index in [9.17, 15) is 9.59 Å². The van der Waals surface area contributed by atoms with E-state index in [4.69, 9.17) is 4.74 Å². The molecule has 1 fully saturated rings. The van der Waals surface area contributed by atoms with Crippen LogP contribution in [0.25, 0.3) is 0 Å². The summed E-state index contributed by atoms with van der Waals surface area (Å²) >= 11 is 0. The molecule has 1 heterocycles. The van der Waals surface area contributed by atoms with Crippen LogP contribution >= 0.6 is 0 Å². The predicted octanol–water partition coefficient (Wildman–Crippen LogP) is 1.96. The van der Waals surface area contributed by atoms with Gasteiger partial charge in [0.2, 0.25) is 11.8 Å². The fourth-order valence-corrected chi connectivity index (χ4v) is 2.22. The second kappa shape index (κ2) is 5.76. The second-order valence-corrected chi connectivity index (χ2v) is 6.33. The van der Waals surface area contributed by atoms with E-state index in [1.165, 1.54) is 0 Å². The van der Waals surface area contributed by atoms with E-state index >= 15 is 0 Å². The van der Waals surface area contributed by atoms with Crippen LogP contribution in [0.1, 0.15) is 27.2 Å². The summed E-state index contributed by atoms with van der Waals surface area (Å²) in [7, 11) is 1.61. The summed E-state index contributed by atoms with van der Waals surface area (Å²) in [5.41, 5.74) is 0.379. The average molecular weight is 290 g/mol. The number of carbonyl (C=O) groups excluding carboxylic acids is 2. The monoisotopic (exact) mass is 290 g/mol. The molecular weight excluding hydrogens is 268 g/mol. The molecule has 0 saturated carbocycles. The highest BCUT2D eigenvalue weighted by molar-refractivity contribution is 5.97. The number of methoxy groups -OCH3 is 1. The Morgan fingerprint density at radius 1 is 1.29 bits per heavy atom. The average Bonchev–Trinajstić information content (AvgIpc) is 2.78. The van der Waals surface area contributed by atoms with Crippen LogP contribution in [-0.4, -0.2) is 31.5 Å². The van der Waals surface area contributed by atoms with Crippen molar-refractivity contribution in [3.05, 3.63) is 24.3 Å². The second-order valence-electron chi connectivity index (χ2n) is 6.33. The Morgan fingerprint density at radius 3 is 2.43 bits per heavy atom. The Labute approximate surface area is 125 Å². The van der Waals surface area contributed by atoms with Crippen LogP contribution in [0.2, 0.25) is 0 Å². The minimum absolute atomic E-state index is 0.0272. The first-order valence-electron chi connectivity index (χ1n) is 7.06. The van der Waals surface area contributed by atoms with Crippen LogP contribution in [0, 0.1) is 5.41 Å². The molecule has 1 aromatic rings. The molecule has 1 unspecified atom stereocenters. The van der Waals surface area contributed by atoms with Crippen LogP contribution in [0.15, 0.2) is 24.3 Å². The van der Waals surface area contributed by atoms with Crippen molar-refractivity contribution in [2.24, 2.45) is 5.41 Å². The number of ether oxygens (including phenoxy) is 1. The summed E-state index contributed by atoms with van der Waals surface area (Å²) in [6.07, 6.45) is 0.341. The van der Waals surface area contributed by atoms with Gasteiger partial charge in [0, 0.05) is 24.1 Å². The van der Waals surface area contributed by atoms with Crippen LogP contribution in [0.4, 0.5) is 5.69 Å². The van der Waals surface area contributed by atoms with Crippen molar-refractivity contribution in [1.29, 1.82) is 0 Å². The molecule has 1 aliphatic rings. The third kappa shape index (κ3) is 3.54. The Bertz CT molecular complexity index is 531. The molecule has 2 rings (SSSR count). The van der Waals surface area contributed by atoms with Crippen LogP contribution < -0.4 is 15.0 Å². The van der Waals surface area contributed by atoms with Gasteiger partial charge in [-0.25, -0.2) is 0 Å². The van der Waals surface area contributed by atoms with Crippen molar-refractivity contribution in [1.82, 2.24) is 5.32 Å². The molecule has 1 aliphatic heterocycles. The maximum atomic E-state index is 12.1. The number of hydrogen-bond donors (Lipinski definition) is 1. The maximum absolute atomic E-state index is 12.1.